The molecule has 0 aliphatic carbocycles. The fraction of sp³-hybridized carbons (Fsp3) is 0.211. The fourth-order valence-corrected chi connectivity index (χ4v) is 3.99. The molecule has 3 aromatic rings. The zero-order valence-electron chi connectivity index (χ0n) is 14.2. The van der Waals surface area contributed by atoms with E-state index in [1.54, 1.807) is 12.1 Å². The van der Waals surface area contributed by atoms with Crippen LogP contribution in [0.3, 0.4) is 0 Å². The first-order valence-electron chi connectivity index (χ1n) is 8.03. The molecule has 2 heterocycles. The van der Waals surface area contributed by atoms with Crippen LogP contribution in [-0.2, 0) is 16.5 Å². The lowest BCUT2D eigenvalue weighted by Gasteiger charge is -2.18. The lowest BCUT2D eigenvalue weighted by atomic mass is 10.0. The van der Waals surface area contributed by atoms with Gasteiger partial charge in [-0.3, -0.25) is 0 Å². The van der Waals surface area contributed by atoms with Crippen molar-refractivity contribution >= 4 is 21.1 Å². The summed E-state index contributed by atoms with van der Waals surface area (Å²) in [5, 5.41) is 0.491. The second-order valence-corrected chi connectivity index (χ2v) is 8.32. The van der Waals surface area contributed by atoms with Crippen LogP contribution in [0.5, 0.6) is 11.5 Å². The molecule has 0 amide bonds. The number of hydrogen-bond acceptors (Lipinski definition) is 6. The van der Waals surface area contributed by atoms with E-state index < -0.39 is 21.3 Å². The molecule has 4 rings (SSSR count). The topological polar surface area (TPSA) is 82.8 Å². The third-order valence-corrected chi connectivity index (χ3v) is 5.36. The maximum Gasteiger partial charge on any atom is 0.339 e. The molecule has 0 bridgehead atoms. The molecule has 1 aromatic heterocycles. The molecular weight excluding hydrogens is 356 g/mol. The van der Waals surface area contributed by atoms with Crippen LogP contribution < -0.4 is 14.5 Å². The SMILES string of the molecule is CC1(C)Cc2cccc(OS(=O)(=O)c3ccc4oc(=O)ccc4c3)c2O1. The van der Waals surface area contributed by atoms with Crippen LogP contribution in [-0.4, -0.2) is 14.0 Å². The van der Waals surface area contributed by atoms with Crippen molar-refractivity contribution in [2.24, 2.45) is 0 Å². The Hall–Kier alpha value is -2.80. The molecule has 1 aliphatic heterocycles. The largest absolute Gasteiger partial charge is 0.483 e. The van der Waals surface area contributed by atoms with Crippen molar-refractivity contribution in [1.82, 2.24) is 0 Å². The van der Waals surface area contributed by atoms with Gasteiger partial charge in [0.15, 0.2) is 11.5 Å². The molecule has 0 fully saturated rings. The maximum absolute atomic E-state index is 12.7. The van der Waals surface area contributed by atoms with Gasteiger partial charge in [-0.15, -0.1) is 0 Å². The number of rotatable bonds is 3. The average Bonchev–Trinajstić information content (AvgIpc) is 2.89. The molecule has 0 N–H and O–H groups in total. The molecular formula is C19H16O6S. The summed E-state index contributed by atoms with van der Waals surface area (Å²) in [6.45, 7) is 3.87. The molecule has 134 valence electrons. The van der Waals surface area contributed by atoms with Gasteiger partial charge in [-0.1, -0.05) is 12.1 Å². The summed E-state index contributed by atoms with van der Waals surface area (Å²) in [7, 11) is -4.07. The normalized spacial score (nSPS) is 15.5. The van der Waals surface area contributed by atoms with E-state index in [1.165, 1.54) is 30.3 Å². The van der Waals surface area contributed by atoms with Crippen LogP contribution in [0.4, 0.5) is 0 Å². The second kappa shape index (κ2) is 5.60. The van der Waals surface area contributed by atoms with Crippen molar-refractivity contribution in [3.63, 3.8) is 0 Å². The highest BCUT2D eigenvalue weighted by Crippen LogP contribution is 2.42. The van der Waals surface area contributed by atoms with E-state index in [4.69, 9.17) is 13.3 Å². The average molecular weight is 372 g/mol. The van der Waals surface area contributed by atoms with Crippen molar-refractivity contribution in [2.45, 2.75) is 30.8 Å². The Balaban J connectivity index is 1.72. The first-order valence-corrected chi connectivity index (χ1v) is 9.44. The number of ether oxygens (including phenoxy) is 1. The molecule has 6 nitrogen and oxygen atoms in total. The minimum atomic E-state index is -4.07. The van der Waals surface area contributed by atoms with Crippen molar-refractivity contribution in [1.29, 1.82) is 0 Å². The molecule has 1 aliphatic rings. The molecule has 0 unspecified atom stereocenters. The van der Waals surface area contributed by atoms with Gasteiger partial charge in [0.25, 0.3) is 0 Å². The monoisotopic (exact) mass is 372 g/mol. The first kappa shape index (κ1) is 16.7. The number of hydrogen-bond donors (Lipinski definition) is 0. The van der Waals surface area contributed by atoms with Gasteiger partial charge in [0, 0.05) is 23.4 Å². The quantitative estimate of drug-likeness (QED) is 0.518. The molecule has 0 radical (unpaired) electrons. The van der Waals surface area contributed by atoms with Gasteiger partial charge in [0.2, 0.25) is 0 Å². The molecule has 26 heavy (non-hydrogen) atoms. The van der Waals surface area contributed by atoms with Crippen molar-refractivity contribution in [3.8, 4) is 11.5 Å². The smallest absolute Gasteiger partial charge is 0.339 e. The van der Waals surface area contributed by atoms with Gasteiger partial charge in [0.05, 0.1) is 0 Å². The highest BCUT2D eigenvalue weighted by Gasteiger charge is 2.33. The van der Waals surface area contributed by atoms with Crippen LogP contribution in [0.2, 0.25) is 0 Å². The summed E-state index contributed by atoms with van der Waals surface area (Å²) in [5.41, 5.74) is 0.306. The Morgan fingerprint density at radius 2 is 1.88 bits per heavy atom. The van der Waals surface area contributed by atoms with Crippen LogP contribution in [0.25, 0.3) is 11.0 Å². The number of benzene rings is 2. The lowest BCUT2D eigenvalue weighted by Crippen LogP contribution is -2.24. The van der Waals surface area contributed by atoms with Crippen molar-refractivity contribution in [2.75, 3.05) is 0 Å². The van der Waals surface area contributed by atoms with Gasteiger partial charge in [0.1, 0.15) is 16.1 Å². The highest BCUT2D eigenvalue weighted by molar-refractivity contribution is 7.87. The third-order valence-electron chi connectivity index (χ3n) is 4.13. The van der Waals surface area contributed by atoms with E-state index in [2.05, 4.69) is 0 Å². The number of fused-ring (bicyclic) bond motifs is 2. The minimum absolute atomic E-state index is 0.0336. The van der Waals surface area contributed by atoms with E-state index >= 15 is 0 Å². The van der Waals surface area contributed by atoms with Gasteiger partial charge < -0.3 is 13.3 Å². The highest BCUT2D eigenvalue weighted by atomic mass is 32.2. The Labute approximate surface area is 150 Å². The lowest BCUT2D eigenvalue weighted by molar-refractivity contribution is 0.136. The third kappa shape index (κ3) is 2.94. The summed E-state index contributed by atoms with van der Waals surface area (Å²) < 4.78 is 41.6. The van der Waals surface area contributed by atoms with Crippen molar-refractivity contribution < 1.29 is 21.8 Å². The standard InChI is InChI=1S/C19H16O6S/c1-19(2)11-13-4-3-5-16(18(13)24-19)25-26(21,22)14-7-8-15-12(10-14)6-9-17(20)23-15/h3-10H,11H2,1-2H3. The van der Waals surface area contributed by atoms with Crippen LogP contribution >= 0.6 is 0 Å². The number of para-hydroxylation sites is 1. The molecule has 0 atom stereocenters. The minimum Gasteiger partial charge on any atom is -0.483 e. The molecule has 0 saturated carbocycles. The van der Waals surface area contributed by atoms with Crippen LogP contribution in [0, 0.1) is 0 Å². The summed E-state index contributed by atoms with van der Waals surface area (Å²) in [6.07, 6.45) is 0.675. The van der Waals surface area contributed by atoms with Gasteiger partial charge in [-0.25, -0.2) is 4.79 Å². The molecule has 2 aromatic carbocycles. The predicted molar refractivity (Wildman–Crippen MR) is 95.2 cm³/mol. The second-order valence-electron chi connectivity index (χ2n) is 6.77. The van der Waals surface area contributed by atoms with Crippen LogP contribution in [0.1, 0.15) is 19.4 Å². The van der Waals surface area contributed by atoms with E-state index in [9.17, 15) is 13.2 Å². The van der Waals surface area contributed by atoms with E-state index in [0.717, 1.165) is 5.56 Å². The van der Waals surface area contributed by atoms with Crippen LogP contribution in [0.15, 0.2) is 62.6 Å². The summed E-state index contributed by atoms with van der Waals surface area (Å²) in [5.74, 6) is 0.612. The Kier molecular flexibility index (Phi) is 3.59. The zero-order chi connectivity index (χ0) is 18.5. The first-order chi connectivity index (χ1) is 12.2. The molecule has 7 heteroatoms. The van der Waals surface area contributed by atoms with Gasteiger partial charge >= 0.3 is 15.7 Å². The van der Waals surface area contributed by atoms with E-state index in [0.29, 0.717) is 23.1 Å². The van der Waals surface area contributed by atoms with E-state index in [1.807, 2.05) is 19.9 Å². The van der Waals surface area contributed by atoms with Crippen molar-refractivity contribution in [3.05, 3.63) is 64.5 Å². The predicted octanol–water partition coefficient (Wildman–Crippen LogP) is 3.27. The van der Waals surface area contributed by atoms with Gasteiger partial charge in [-0.05, 0) is 44.2 Å². The summed E-state index contributed by atoms with van der Waals surface area (Å²) in [6, 6.07) is 12.1. The zero-order valence-corrected chi connectivity index (χ0v) is 15.0. The Morgan fingerprint density at radius 1 is 1.08 bits per heavy atom. The summed E-state index contributed by atoms with van der Waals surface area (Å²) in [4.78, 5) is 11.2. The Morgan fingerprint density at radius 3 is 2.69 bits per heavy atom. The van der Waals surface area contributed by atoms with E-state index in [-0.39, 0.29) is 10.6 Å². The fourth-order valence-electron chi connectivity index (χ4n) is 3.02. The molecule has 0 saturated heterocycles. The van der Waals surface area contributed by atoms with Gasteiger partial charge in [-0.2, -0.15) is 8.42 Å². The Bertz CT molecular complexity index is 1170. The summed E-state index contributed by atoms with van der Waals surface area (Å²) >= 11 is 0. The molecule has 0 spiro atoms. The maximum atomic E-state index is 12.7.